The number of nitrogens with one attached hydrogen (secondary N) is 1. The maximum atomic E-state index is 12.8. The lowest BCUT2D eigenvalue weighted by atomic mass is 10.2. The number of H-pyrrole nitrogens is 1. The first kappa shape index (κ1) is 15.0. The van der Waals surface area contributed by atoms with Crippen molar-refractivity contribution in [1.29, 1.82) is 0 Å². The molecule has 1 aromatic carbocycles. The summed E-state index contributed by atoms with van der Waals surface area (Å²) in [5.41, 5.74) is 1.83. The van der Waals surface area contributed by atoms with E-state index in [0.29, 0.717) is 29.1 Å². The van der Waals surface area contributed by atoms with Gasteiger partial charge in [0.05, 0.1) is 38.7 Å². The number of ether oxygens (including phenoxy) is 3. The van der Waals surface area contributed by atoms with Gasteiger partial charge in [-0.05, 0) is 18.9 Å². The standard InChI is InChI=1S/C17H19N3O4/c1-22-13-6-11-12(7-14(13)23-2)19-16-15(11)18-9-20(17(16)21)8-10-4-3-5-24-10/h6-7,9-10,19H,3-5,8H2,1-2H3. The van der Waals surface area contributed by atoms with E-state index in [-0.39, 0.29) is 11.7 Å². The number of methoxy groups -OCH3 is 2. The van der Waals surface area contributed by atoms with Gasteiger partial charge in [0.25, 0.3) is 5.56 Å². The molecule has 1 fully saturated rings. The third-order valence-electron chi connectivity index (χ3n) is 4.50. The van der Waals surface area contributed by atoms with E-state index in [1.807, 2.05) is 12.1 Å². The lowest BCUT2D eigenvalue weighted by molar-refractivity contribution is 0.0960. The van der Waals surface area contributed by atoms with Crippen LogP contribution >= 0.6 is 0 Å². The zero-order valence-electron chi connectivity index (χ0n) is 13.7. The summed E-state index contributed by atoms with van der Waals surface area (Å²) < 4.78 is 17.9. The predicted molar refractivity (Wildman–Crippen MR) is 89.9 cm³/mol. The summed E-state index contributed by atoms with van der Waals surface area (Å²) in [7, 11) is 3.17. The number of aromatic amines is 1. The number of rotatable bonds is 4. The van der Waals surface area contributed by atoms with Crippen molar-refractivity contribution in [3.63, 3.8) is 0 Å². The maximum absolute atomic E-state index is 12.8. The van der Waals surface area contributed by atoms with Crippen LogP contribution in [0.5, 0.6) is 11.5 Å². The van der Waals surface area contributed by atoms with Crippen molar-refractivity contribution in [2.75, 3.05) is 20.8 Å². The topological polar surface area (TPSA) is 78.4 Å². The van der Waals surface area contributed by atoms with E-state index < -0.39 is 0 Å². The summed E-state index contributed by atoms with van der Waals surface area (Å²) in [6.07, 6.45) is 3.70. The van der Waals surface area contributed by atoms with Crippen molar-refractivity contribution in [2.24, 2.45) is 0 Å². The van der Waals surface area contributed by atoms with Crippen LogP contribution in [0.2, 0.25) is 0 Å². The lowest BCUT2D eigenvalue weighted by Crippen LogP contribution is -2.26. The Hall–Kier alpha value is -2.54. The zero-order chi connectivity index (χ0) is 16.7. The van der Waals surface area contributed by atoms with Gasteiger partial charge in [-0.25, -0.2) is 4.98 Å². The first-order chi connectivity index (χ1) is 11.7. The highest BCUT2D eigenvalue weighted by Crippen LogP contribution is 2.34. The first-order valence-electron chi connectivity index (χ1n) is 7.95. The Balaban J connectivity index is 1.86. The summed E-state index contributed by atoms with van der Waals surface area (Å²) >= 11 is 0. The van der Waals surface area contributed by atoms with Crippen LogP contribution in [-0.4, -0.2) is 41.5 Å². The molecule has 3 heterocycles. The normalized spacial score (nSPS) is 17.7. The molecule has 126 valence electrons. The monoisotopic (exact) mass is 329 g/mol. The third kappa shape index (κ3) is 2.32. The minimum absolute atomic E-state index is 0.0894. The molecule has 1 aliphatic heterocycles. The summed E-state index contributed by atoms with van der Waals surface area (Å²) in [5.74, 6) is 1.22. The molecule has 1 saturated heterocycles. The van der Waals surface area contributed by atoms with E-state index in [1.54, 1.807) is 25.1 Å². The average molecular weight is 329 g/mol. The Morgan fingerprint density at radius 2 is 2.12 bits per heavy atom. The van der Waals surface area contributed by atoms with E-state index in [4.69, 9.17) is 14.2 Å². The molecule has 3 aromatic rings. The summed E-state index contributed by atoms with van der Waals surface area (Å²) in [6, 6.07) is 3.66. The van der Waals surface area contributed by atoms with Crippen LogP contribution < -0.4 is 15.0 Å². The van der Waals surface area contributed by atoms with Gasteiger partial charge in [-0.2, -0.15) is 0 Å². The van der Waals surface area contributed by atoms with Crippen LogP contribution in [0.3, 0.4) is 0 Å². The predicted octanol–water partition coefficient (Wildman–Crippen LogP) is 2.07. The van der Waals surface area contributed by atoms with Gasteiger partial charge in [0.1, 0.15) is 11.0 Å². The van der Waals surface area contributed by atoms with Crippen LogP contribution in [0.25, 0.3) is 21.9 Å². The van der Waals surface area contributed by atoms with Crippen LogP contribution in [0.1, 0.15) is 12.8 Å². The summed E-state index contributed by atoms with van der Waals surface area (Å²) in [5, 5.41) is 0.837. The Bertz CT molecular complexity index is 954. The molecular formula is C17H19N3O4. The zero-order valence-corrected chi connectivity index (χ0v) is 13.7. The maximum Gasteiger partial charge on any atom is 0.277 e. The van der Waals surface area contributed by atoms with E-state index in [9.17, 15) is 4.79 Å². The number of hydrogen-bond acceptors (Lipinski definition) is 5. The average Bonchev–Trinajstić information content (AvgIpc) is 3.23. The molecule has 0 spiro atoms. The summed E-state index contributed by atoms with van der Waals surface area (Å²) in [6.45, 7) is 1.30. The fourth-order valence-corrected chi connectivity index (χ4v) is 3.26. The van der Waals surface area contributed by atoms with Gasteiger partial charge in [-0.15, -0.1) is 0 Å². The van der Waals surface area contributed by atoms with E-state index >= 15 is 0 Å². The van der Waals surface area contributed by atoms with Gasteiger partial charge in [-0.3, -0.25) is 9.36 Å². The second kappa shape index (κ2) is 5.83. The SMILES string of the molecule is COc1cc2[nH]c3c(=O)n(CC4CCCO4)cnc3c2cc1OC. The second-order valence-electron chi connectivity index (χ2n) is 5.94. The molecule has 1 N–H and O–H groups in total. The molecule has 24 heavy (non-hydrogen) atoms. The molecule has 0 radical (unpaired) electrons. The molecule has 0 amide bonds. The molecule has 7 nitrogen and oxygen atoms in total. The highest BCUT2D eigenvalue weighted by atomic mass is 16.5. The van der Waals surface area contributed by atoms with Crippen LogP contribution in [0.15, 0.2) is 23.3 Å². The minimum atomic E-state index is -0.0929. The number of benzene rings is 1. The Labute approximate surface area is 138 Å². The molecule has 0 bridgehead atoms. The molecule has 2 aromatic heterocycles. The molecule has 0 saturated carbocycles. The van der Waals surface area contributed by atoms with Crippen LogP contribution in [-0.2, 0) is 11.3 Å². The molecule has 4 rings (SSSR count). The molecular weight excluding hydrogens is 310 g/mol. The quantitative estimate of drug-likeness (QED) is 0.793. The largest absolute Gasteiger partial charge is 0.493 e. The van der Waals surface area contributed by atoms with Gasteiger partial charge in [-0.1, -0.05) is 0 Å². The van der Waals surface area contributed by atoms with E-state index in [2.05, 4.69) is 9.97 Å². The molecule has 7 heteroatoms. The van der Waals surface area contributed by atoms with Gasteiger partial charge in [0, 0.05) is 18.1 Å². The third-order valence-corrected chi connectivity index (χ3v) is 4.50. The Morgan fingerprint density at radius 3 is 2.83 bits per heavy atom. The van der Waals surface area contributed by atoms with Crippen molar-refractivity contribution in [1.82, 2.24) is 14.5 Å². The van der Waals surface area contributed by atoms with Crippen molar-refractivity contribution in [3.05, 3.63) is 28.8 Å². The number of hydrogen-bond donors (Lipinski definition) is 1. The van der Waals surface area contributed by atoms with E-state index in [0.717, 1.165) is 30.4 Å². The highest BCUT2D eigenvalue weighted by molar-refractivity contribution is 6.05. The fourth-order valence-electron chi connectivity index (χ4n) is 3.26. The van der Waals surface area contributed by atoms with Crippen molar-refractivity contribution in [2.45, 2.75) is 25.5 Å². The summed E-state index contributed by atoms with van der Waals surface area (Å²) in [4.78, 5) is 20.4. The van der Waals surface area contributed by atoms with Crippen LogP contribution in [0, 0.1) is 0 Å². The fraction of sp³-hybridized carbons (Fsp3) is 0.412. The Kier molecular flexibility index (Phi) is 3.65. The van der Waals surface area contributed by atoms with Crippen molar-refractivity contribution in [3.8, 4) is 11.5 Å². The highest BCUT2D eigenvalue weighted by Gasteiger charge is 2.19. The number of nitrogens with zero attached hydrogens (tertiary/aromatic N) is 2. The minimum Gasteiger partial charge on any atom is -0.493 e. The van der Waals surface area contributed by atoms with Crippen LogP contribution in [0.4, 0.5) is 0 Å². The lowest BCUT2D eigenvalue weighted by Gasteiger charge is -2.10. The van der Waals surface area contributed by atoms with Crippen molar-refractivity contribution < 1.29 is 14.2 Å². The van der Waals surface area contributed by atoms with Gasteiger partial charge in [0.2, 0.25) is 0 Å². The van der Waals surface area contributed by atoms with Gasteiger partial charge >= 0.3 is 0 Å². The van der Waals surface area contributed by atoms with Crippen molar-refractivity contribution >= 4 is 21.9 Å². The second-order valence-corrected chi connectivity index (χ2v) is 5.94. The number of fused-ring (bicyclic) bond motifs is 3. The molecule has 1 unspecified atom stereocenters. The first-order valence-corrected chi connectivity index (χ1v) is 7.95. The smallest absolute Gasteiger partial charge is 0.277 e. The molecule has 1 atom stereocenters. The van der Waals surface area contributed by atoms with Gasteiger partial charge < -0.3 is 19.2 Å². The van der Waals surface area contributed by atoms with E-state index in [1.165, 1.54) is 0 Å². The molecule has 1 aliphatic rings. The Morgan fingerprint density at radius 1 is 1.33 bits per heavy atom. The van der Waals surface area contributed by atoms with Gasteiger partial charge in [0.15, 0.2) is 11.5 Å². The number of aromatic nitrogens is 3. The molecule has 0 aliphatic carbocycles.